The van der Waals surface area contributed by atoms with Crippen molar-refractivity contribution in [1.82, 2.24) is 9.78 Å². The van der Waals surface area contributed by atoms with Crippen molar-refractivity contribution in [1.29, 1.82) is 0 Å². The van der Waals surface area contributed by atoms with Crippen LogP contribution in [0.2, 0.25) is 0 Å². The fraction of sp³-hybridized carbons (Fsp3) is 0.750. The maximum Gasteiger partial charge on any atom is 0.212 e. The molecule has 0 atom stereocenters. The molecule has 1 aromatic heterocycles. The Balaban J connectivity index is 3.00. The summed E-state index contributed by atoms with van der Waals surface area (Å²) in [5.74, 6) is 0.933. The second-order valence-corrected chi connectivity index (χ2v) is 4.42. The summed E-state index contributed by atoms with van der Waals surface area (Å²) in [5.41, 5.74) is 2.09. The van der Waals surface area contributed by atoms with Gasteiger partial charge in [0.25, 0.3) is 0 Å². The number of hydrogen-bond acceptors (Lipinski definition) is 2. The van der Waals surface area contributed by atoms with E-state index >= 15 is 0 Å². The molecule has 3 heteroatoms. The molecule has 0 aromatic carbocycles. The molecule has 1 aromatic rings. The first-order valence-corrected chi connectivity index (χ1v) is 5.87. The lowest BCUT2D eigenvalue weighted by atomic mass is 10.0. The lowest BCUT2D eigenvalue weighted by Gasteiger charge is -2.05. The number of hydrogen-bond donors (Lipinski definition) is 1. The van der Waals surface area contributed by atoms with Gasteiger partial charge in [-0.15, -0.1) is 0 Å². The van der Waals surface area contributed by atoms with Gasteiger partial charge in [-0.2, -0.15) is 5.10 Å². The quantitative estimate of drug-likeness (QED) is 0.811. The molecular formula is C12H22N2O. The van der Waals surface area contributed by atoms with Gasteiger partial charge in [0.15, 0.2) is 0 Å². The predicted molar refractivity (Wildman–Crippen MR) is 62.1 cm³/mol. The molecule has 0 bridgehead atoms. The van der Waals surface area contributed by atoms with Crippen molar-refractivity contribution in [3.8, 4) is 5.88 Å². The number of aromatic nitrogens is 2. The molecule has 0 amide bonds. The van der Waals surface area contributed by atoms with Crippen molar-refractivity contribution in [2.45, 2.75) is 53.5 Å². The fourth-order valence-corrected chi connectivity index (χ4v) is 1.81. The van der Waals surface area contributed by atoms with Crippen LogP contribution in [0, 0.1) is 5.92 Å². The largest absolute Gasteiger partial charge is 0.493 e. The molecule has 1 rings (SSSR count). The summed E-state index contributed by atoms with van der Waals surface area (Å²) >= 11 is 0. The van der Waals surface area contributed by atoms with Crippen molar-refractivity contribution in [3.05, 3.63) is 11.3 Å². The molecule has 86 valence electrons. The smallest absolute Gasteiger partial charge is 0.212 e. The first kappa shape index (κ1) is 12.1. The van der Waals surface area contributed by atoms with Gasteiger partial charge in [0.05, 0.1) is 5.69 Å². The number of aromatic hydroxyl groups is 1. The topological polar surface area (TPSA) is 38.0 Å². The van der Waals surface area contributed by atoms with E-state index in [0.717, 1.165) is 37.1 Å². The third kappa shape index (κ3) is 2.74. The molecule has 3 nitrogen and oxygen atoms in total. The van der Waals surface area contributed by atoms with E-state index in [9.17, 15) is 5.11 Å². The average molecular weight is 210 g/mol. The van der Waals surface area contributed by atoms with Crippen LogP contribution in [0.5, 0.6) is 5.88 Å². The highest BCUT2D eigenvalue weighted by Crippen LogP contribution is 2.24. The van der Waals surface area contributed by atoms with Crippen LogP contribution < -0.4 is 0 Å². The minimum absolute atomic E-state index is 0.377. The van der Waals surface area contributed by atoms with Crippen LogP contribution in [-0.2, 0) is 19.4 Å². The van der Waals surface area contributed by atoms with Crippen molar-refractivity contribution in [3.63, 3.8) is 0 Å². The zero-order valence-corrected chi connectivity index (χ0v) is 10.2. The summed E-state index contributed by atoms with van der Waals surface area (Å²) in [6, 6.07) is 0. The summed E-state index contributed by atoms with van der Waals surface area (Å²) in [6.45, 7) is 9.31. The minimum atomic E-state index is 0.377. The van der Waals surface area contributed by atoms with Gasteiger partial charge in [-0.05, 0) is 25.2 Å². The van der Waals surface area contributed by atoms with E-state index in [4.69, 9.17) is 0 Å². The van der Waals surface area contributed by atoms with Gasteiger partial charge < -0.3 is 5.11 Å². The zero-order chi connectivity index (χ0) is 11.4. The van der Waals surface area contributed by atoms with E-state index in [-0.39, 0.29) is 0 Å². The summed E-state index contributed by atoms with van der Waals surface area (Å²) in [7, 11) is 0. The second-order valence-electron chi connectivity index (χ2n) is 4.42. The third-order valence-corrected chi connectivity index (χ3v) is 2.49. The standard InChI is InChI=1S/C12H22N2O/c1-5-7-14-12(15)10(8-9(3)4)11(6-2)13-14/h9,15H,5-8H2,1-4H3. The van der Waals surface area contributed by atoms with Crippen LogP contribution >= 0.6 is 0 Å². The average Bonchev–Trinajstić information content (AvgIpc) is 2.46. The Bertz CT molecular complexity index is 316. The predicted octanol–water partition coefficient (Wildman–Crippen LogP) is 2.76. The highest BCUT2D eigenvalue weighted by molar-refractivity contribution is 5.31. The minimum Gasteiger partial charge on any atom is -0.493 e. The molecule has 1 N–H and O–H groups in total. The van der Waals surface area contributed by atoms with E-state index in [1.165, 1.54) is 0 Å². The first-order valence-electron chi connectivity index (χ1n) is 5.87. The van der Waals surface area contributed by atoms with Gasteiger partial charge in [-0.1, -0.05) is 27.7 Å². The molecule has 0 fully saturated rings. The van der Waals surface area contributed by atoms with Crippen LogP contribution in [0.1, 0.15) is 45.4 Å². The van der Waals surface area contributed by atoms with Crippen molar-refractivity contribution in [2.24, 2.45) is 5.92 Å². The summed E-state index contributed by atoms with van der Waals surface area (Å²) in [6.07, 6.45) is 2.81. The Morgan fingerprint density at radius 3 is 2.47 bits per heavy atom. The Labute approximate surface area is 92.1 Å². The van der Waals surface area contributed by atoms with E-state index in [0.29, 0.717) is 11.8 Å². The number of aryl methyl sites for hydroxylation is 2. The van der Waals surface area contributed by atoms with Gasteiger partial charge in [0.2, 0.25) is 5.88 Å². The molecule has 1 heterocycles. The maximum atomic E-state index is 10.0. The van der Waals surface area contributed by atoms with E-state index in [1.807, 2.05) is 0 Å². The summed E-state index contributed by atoms with van der Waals surface area (Å²) in [4.78, 5) is 0. The normalized spacial score (nSPS) is 11.3. The highest BCUT2D eigenvalue weighted by Gasteiger charge is 2.16. The van der Waals surface area contributed by atoms with Crippen LogP contribution in [0.15, 0.2) is 0 Å². The second kappa shape index (κ2) is 5.19. The molecule has 0 unspecified atom stereocenters. The molecule has 0 saturated carbocycles. The maximum absolute atomic E-state index is 10.0. The van der Waals surface area contributed by atoms with Gasteiger partial charge in [-0.25, -0.2) is 4.68 Å². The first-order chi connectivity index (χ1) is 7.10. The molecule has 0 spiro atoms. The van der Waals surface area contributed by atoms with E-state index < -0.39 is 0 Å². The van der Waals surface area contributed by atoms with Crippen molar-refractivity contribution < 1.29 is 5.11 Å². The summed E-state index contributed by atoms with van der Waals surface area (Å²) < 4.78 is 1.73. The molecular weight excluding hydrogens is 188 g/mol. The molecule has 0 aliphatic heterocycles. The molecule has 0 aliphatic rings. The van der Waals surface area contributed by atoms with Gasteiger partial charge in [0.1, 0.15) is 0 Å². The summed E-state index contributed by atoms with van der Waals surface area (Å²) in [5, 5.41) is 14.5. The van der Waals surface area contributed by atoms with Gasteiger partial charge >= 0.3 is 0 Å². The third-order valence-electron chi connectivity index (χ3n) is 2.49. The molecule has 0 radical (unpaired) electrons. The molecule has 0 aliphatic carbocycles. The number of rotatable bonds is 5. The SMILES string of the molecule is CCCn1nc(CC)c(CC(C)C)c1O. The Morgan fingerprint density at radius 1 is 1.33 bits per heavy atom. The van der Waals surface area contributed by atoms with Crippen LogP contribution in [0.4, 0.5) is 0 Å². The molecule has 0 saturated heterocycles. The Kier molecular flexibility index (Phi) is 4.18. The molecule has 15 heavy (non-hydrogen) atoms. The number of nitrogens with zero attached hydrogens (tertiary/aromatic N) is 2. The highest BCUT2D eigenvalue weighted by atomic mass is 16.3. The van der Waals surface area contributed by atoms with Gasteiger partial charge in [-0.3, -0.25) is 0 Å². The van der Waals surface area contributed by atoms with Crippen LogP contribution in [-0.4, -0.2) is 14.9 Å². The van der Waals surface area contributed by atoms with Crippen LogP contribution in [0.3, 0.4) is 0 Å². The zero-order valence-electron chi connectivity index (χ0n) is 10.2. The lowest BCUT2D eigenvalue weighted by Crippen LogP contribution is -1.98. The van der Waals surface area contributed by atoms with Crippen LogP contribution in [0.25, 0.3) is 0 Å². The fourth-order valence-electron chi connectivity index (χ4n) is 1.81. The van der Waals surface area contributed by atoms with E-state index in [2.05, 4.69) is 32.8 Å². The van der Waals surface area contributed by atoms with Crippen molar-refractivity contribution in [2.75, 3.05) is 0 Å². The monoisotopic (exact) mass is 210 g/mol. The van der Waals surface area contributed by atoms with E-state index in [1.54, 1.807) is 4.68 Å². The van der Waals surface area contributed by atoms with Gasteiger partial charge in [0, 0.05) is 12.1 Å². The Morgan fingerprint density at radius 2 is 2.00 bits per heavy atom. The lowest BCUT2D eigenvalue weighted by molar-refractivity contribution is 0.390. The Hall–Kier alpha value is -0.990. The van der Waals surface area contributed by atoms with Crippen molar-refractivity contribution >= 4 is 0 Å².